The van der Waals surface area contributed by atoms with Crippen molar-refractivity contribution >= 4 is 23.8 Å². The fraction of sp³-hybridized carbons (Fsp3) is 0.400. The molecule has 0 saturated carbocycles. The Morgan fingerprint density at radius 2 is 1.95 bits per heavy atom. The number of benzene rings is 1. The summed E-state index contributed by atoms with van der Waals surface area (Å²) < 4.78 is 5.19. The molecule has 1 aromatic rings. The molecular formula is C15H17NO4. The van der Waals surface area contributed by atoms with Crippen molar-refractivity contribution in [2.75, 3.05) is 12.0 Å². The fourth-order valence-corrected chi connectivity index (χ4v) is 2.36. The largest absolute Gasteiger partial charge is 0.495 e. The number of para-hydroxylation sites is 2. The van der Waals surface area contributed by atoms with Gasteiger partial charge in [-0.15, -0.1) is 0 Å². The van der Waals surface area contributed by atoms with E-state index in [0.29, 0.717) is 11.4 Å². The highest BCUT2D eigenvalue weighted by Gasteiger charge is 2.47. The number of ether oxygens (including phenoxy) is 1. The minimum Gasteiger partial charge on any atom is -0.495 e. The van der Waals surface area contributed by atoms with Crippen molar-refractivity contribution in [2.45, 2.75) is 20.3 Å². The maximum atomic E-state index is 12.5. The summed E-state index contributed by atoms with van der Waals surface area (Å²) in [4.78, 5) is 36.9. The Labute approximate surface area is 117 Å². The molecule has 5 nitrogen and oxygen atoms in total. The number of aldehydes is 1. The zero-order valence-corrected chi connectivity index (χ0v) is 11.8. The molecule has 0 N–H and O–H groups in total. The highest BCUT2D eigenvalue weighted by Crippen LogP contribution is 2.39. The van der Waals surface area contributed by atoms with Crippen molar-refractivity contribution in [1.82, 2.24) is 0 Å². The number of carbonyl (C=O) groups excluding carboxylic acids is 3. The van der Waals surface area contributed by atoms with Crippen LogP contribution in [-0.4, -0.2) is 25.2 Å². The molecule has 20 heavy (non-hydrogen) atoms. The number of carbonyl (C=O) groups is 3. The second kappa shape index (κ2) is 5.07. The third-order valence-electron chi connectivity index (χ3n) is 3.67. The quantitative estimate of drug-likeness (QED) is 0.621. The Morgan fingerprint density at radius 1 is 1.30 bits per heavy atom. The third-order valence-corrected chi connectivity index (χ3v) is 3.67. The molecule has 1 fully saturated rings. The zero-order valence-electron chi connectivity index (χ0n) is 11.8. The lowest BCUT2D eigenvalue weighted by atomic mass is 9.79. The van der Waals surface area contributed by atoms with Gasteiger partial charge in [-0.2, -0.15) is 0 Å². The molecule has 0 aliphatic carbocycles. The second-order valence-electron chi connectivity index (χ2n) is 5.44. The minimum absolute atomic E-state index is 0.0443. The molecule has 1 aliphatic heterocycles. The van der Waals surface area contributed by atoms with Crippen LogP contribution >= 0.6 is 0 Å². The van der Waals surface area contributed by atoms with Crippen LogP contribution in [0.25, 0.3) is 0 Å². The van der Waals surface area contributed by atoms with E-state index in [-0.39, 0.29) is 18.2 Å². The Bertz CT molecular complexity index is 565. The SMILES string of the molecule is COc1ccccc1N1C(=O)C[C@@H](C(C)(C)C=O)C1=O. The lowest BCUT2D eigenvalue weighted by molar-refractivity contribution is -0.129. The number of hydrogen-bond donors (Lipinski definition) is 0. The fourth-order valence-electron chi connectivity index (χ4n) is 2.36. The zero-order chi connectivity index (χ0) is 14.9. The van der Waals surface area contributed by atoms with Gasteiger partial charge in [0.15, 0.2) is 0 Å². The lowest BCUT2D eigenvalue weighted by Crippen LogP contribution is -2.35. The second-order valence-corrected chi connectivity index (χ2v) is 5.44. The van der Waals surface area contributed by atoms with E-state index in [9.17, 15) is 14.4 Å². The summed E-state index contributed by atoms with van der Waals surface area (Å²) in [5.74, 6) is -0.827. The summed E-state index contributed by atoms with van der Waals surface area (Å²) in [7, 11) is 1.48. The highest BCUT2D eigenvalue weighted by molar-refractivity contribution is 6.22. The standard InChI is InChI=1S/C15H17NO4/c1-15(2,9-17)10-8-13(18)16(14(10)19)11-6-4-5-7-12(11)20-3/h4-7,9-10H,8H2,1-3H3/t10-/m1/s1. The van der Waals surface area contributed by atoms with E-state index >= 15 is 0 Å². The predicted octanol–water partition coefficient (Wildman–Crippen LogP) is 1.80. The molecule has 0 radical (unpaired) electrons. The van der Waals surface area contributed by atoms with Crippen LogP contribution < -0.4 is 9.64 Å². The minimum atomic E-state index is -0.858. The van der Waals surface area contributed by atoms with E-state index in [4.69, 9.17) is 4.74 Å². The summed E-state index contributed by atoms with van der Waals surface area (Å²) >= 11 is 0. The summed E-state index contributed by atoms with van der Waals surface area (Å²) in [6, 6.07) is 6.84. The molecule has 5 heteroatoms. The Balaban J connectivity index is 2.42. The first-order chi connectivity index (χ1) is 9.42. The average Bonchev–Trinajstić information content (AvgIpc) is 2.74. The van der Waals surface area contributed by atoms with Crippen molar-refractivity contribution in [1.29, 1.82) is 0 Å². The number of methoxy groups -OCH3 is 1. The first-order valence-electron chi connectivity index (χ1n) is 6.38. The van der Waals surface area contributed by atoms with E-state index < -0.39 is 11.3 Å². The van der Waals surface area contributed by atoms with Gasteiger partial charge in [0.05, 0.1) is 18.7 Å². The molecule has 2 rings (SSSR count). The molecule has 2 amide bonds. The summed E-state index contributed by atoms with van der Waals surface area (Å²) in [6.45, 7) is 3.34. The summed E-state index contributed by atoms with van der Waals surface area (Å²) in [6.07, 6.45) is 0.775. The molecule has 1 aromatic carbocycles. The van der Waals surface area contributed by atoms with Crippen molar-refractivity contribution in [3.63, 3.8) is 0 Å². The topological polar surface area (TPSA) is 63.7 Å². The monoisotopic (exact) mass is 275 g/mol. The number of rotatable bonds is 4. The molecule has 0 bridgehead atoms. The normalized spacial score (nSPS) is 19.4. The maximum Gasteiger partial charge on any atom is 0.238 e. The summed E-state index contributed by atoms with van der Waals surface area (Å²) in [5, 5.41) is 0. The van der Waals surface area contributed by atoms with Crippen LogP contribution in [-0.2, 0) is 14.4 Å². The van der Waals surface area contributed by atoms with E-state index in [1.54, 1.807) is 38.1 Å². The van der Waals surface area contributed by atoms with Crippen molar-refractivity contribution < 1.29 is 19.1 Å². The first-order valence-corrected chi connectivity index (χ1v) is 6.38. The molecule has 1 heterocycles. The van der Waals surface area contributed by atoms with Gasteiger partial charge in [-0.3, -0.25) is 9.59 Å². The third kappa shape index (κ3) is 2.19. The van der Waals surface area contributed by atoms with Gasteiger partial charge in [-0.1, -0.05) is 26.0 Å². The van der Waals surface area contributed by atoms with Gasteiger partial charge < -0.3 is 9.53 Å². The van der Waals surface area contributed by atoms with Gasteiger partial charge in [-0.05, 0) is 12.1 Å². The first kappa shape index (κ1) is 14.2. The van der Waals surface area contributed by atoms with Crippen molar-refractivity contribution in [3.05, 3.63) is 24.3 Å². The smallest absolute Gasteiger partial charge is 0.238 e. The van der Waals surface area contributed by atoms with Crippen LogP contribution in [0.4, 0.5) is 5.69 Å². The van der Waals surface area contributed by atoms with E-state index in [1.165, 1.54) is 7.11 Å². The number of anilines is 1. The lowest BCUT2D eigenvalue weighted by Gasteiger charge is -2.23. The van der Waals surface area contributed by atoms with Crippen LogP contribution in [0, 0.1) is 11.3 Å². The van der Waals surface area contributed by atoms with Gasteiger partial charge in [0.2, 0.25) is 11.8 Å². The molecule has 1 aliphatic rings. The maximum absolute atomic E-state index is 12.5. The average molecular weight is 275 g/mol. The molecule has 1 atom stereocenters. The predicted molar refractivity (Wildman–Crippen MR) is 73.4 cm³/mol. The van der Waals surface area contributed by atoms with Crippen LogP contribution in [0.3, 0.4) is 0 Å². The Morgan fingerprint density at radius 3 is 2.55 bits per heavy atom. The van der Waals surface area contributed by atoms with E-state index in [0.717, 1.165) is 11.2 Å². The van der Waals surface area contributed by atoms with Crippen LogP contribution in [0.2, 0.25) is 0 Å². The van der Waals surface area contributed by atoms with Gasteiger partial charge in [0, 0.05) is 11.8 Å². The molecule has 0 aromatic heterocycles. The van der Waals surface area contributed by atoms with Crippen LogP contribution in [0.1, 0.15) is 20.3 Å². The Hall–Kier alpha value is -2.17. The van der Waals surface area contributed by atoms with Crippen molar-refractivity contribution in [2.24, 2.45) is 11.3 Å². The molecule has 0 spiro atoms. The van der Waals surface area contributed by atoms with Gasteiger partial charge in [0.1, 0.15) is 12.0 Å². The number of amides is 2. The number of hydrogen-bond acceptors (Lipinski definition) is 4. The van der Waals surface area contributed by atoms with Crippen LogP contribution in [0.5, 0.6) is 5.75 Å². The molecule has 1 saturated heterocycles. The molecular weight excluding hydrogens is 258 g/mol. The number of nitrogens with zero attached hydrogens (tertiary/aromatic N) is 1. The molecule has 0 unspecified atom stereocenters. The van der Waals surface area contributed by atoms with Gasteiger partial charge >= 0.3 is 0 Å². The van der Waals surface area contributed by atoms with E-state index in [2.05, 4.69) is 0 Å². The highest BCUT2D eigenvalue weighted by atomic mass is 16.5. The Kier molecular flexibility index (Phi) is 3.61. The van der Waals surface area contributed by atoms with Gasteiger partial charge in [-0.25, -0.2) is 4.90 Å². The van der Waals surface area contributed by atoms with Crippen LogP contribution in [0.15, 0.2) is 24.3 Å². The van der Waals surface area contributed by atoms with Crippen molar-refractivity contribution in [3.8, 4) is 5.75 Å². The summed E-state index contributed by atoms with van der Waals surface area (Å²) in [5.41, 5.74) is -0.432. The molecule has 106 valence electrons. The number of imide groups is 1. The van der Waals surface area contributed by atoms with E-state index in [1.807, 2.05) is 0 Å². The van der Waals surface area contributed by atoms with Gasteiger partial charge in [0.25, 0.3) is 0 Å².